The van der Waals surface area contributed by atoms with Crippen molar-refractivity contribution in [1.82, 2.24) is 10.2 Å². The molecule has 1 saturated carbocycles. The Morgan fingerprint density at radius 1 is 0.912 bits per heavy atom. The highest BCUT2D eigenvalue weighted by Gasteiger charge is 2.29. The molecule has 0 aromatic heterocycles. The predicted molar refractivity (Wildman–Crippen MR) is 134 cm³/mol. The van der Waals surface area contributed by atoms with Gasteiger partial charge in [-0.05, 0) is 68.0 Å². The van der Waals surface area contributed by atoms with E-state index in [2.05, 4.69) is 10.6 Å². The van der Waals surface area contributed by atoms with Gasteiger partial charge in [0.2, 0.25) is 5.91 Å². The highest BCUT2D eigenvalue weighted by Crippen LogP contribution is 2.24. The fourth-order valence-corrected chi connectivity index (χ4v) is 5.10. The standard InChI is InChI=1S/C27H32ClN3O3/c28-24-11-5-4-10-23(24)26(33)30-22-14-12-20(13-15-22)27(34)31-16-6-9-21(18-31)25(32)29-17-19-7-2-1-3-8-19/h4-5,10-15,19,21H,1-3,6-9,16-18H2,(H,29,32)(H,30,33)/t21-/m1/s1. The maximum absolute atomic E-state index is 13.1. The molecule has 2 aliphatic rings. The van der Waals surface area contributed by atoms with Crippen LogP contribution in [0.3, 0.4) is 0 Å². The molecule has 4 rings (SSSR count). The molecule has 2 N–H and O–H groups in total. The third-order valence-corrected chi connectivity index (χ3v) is 7.21. The summed E-state index contributed by atoms with van der Waals surface area (Å²) in [5.74, 6) is 0.115. The van der Waals surface area contributed by atoms with E-state index in [1.54, 1.807) is 53.4 Å². The topological polar surface area (TPSA) is 78.5 Å². The molecule has 1 aliphatic heterocycles. The van der Waals surface area contributed by atoms with Crippen molar-refractivity contribution in [1.29, 1.82) is 0 Å². The molecule has 180 valence electrons. The van der Waals surface area contributed by atoms with Crippen molar-refractivity contribution >= 4 is 35.0 Å². The number of likely N-dealkylation sites (tertiary alicyclic amines) is 1. The minimum Gasteiger partial charge on any atom is -0.356 e. The zero-order valence-electron chi connectivity index (χ0n) is 19.4. The van der Waals surface area contributed by atoms with Crippen LogP contribution in [0.5, 0.6) is 0 Å². The van der Waals surface area contributed by atoms with Gasteiger partial charge in [0.1, 0.15) is 0 Å². The molecule has 3 amide bonds. The monoisotopic (exact) mass is 481 g/mol. The molecule has 1 heterocycles. The fraction of sp³-hybridized carbons (Fsp3) is 0.444. The molecule has 2 fully saturated rings. The summed E-state index contributed by atoms with van der Waals surface area (Å²) in [6, 6.07) is 13.7. The van der Waals surface area contributed by atoms with Gasteiger partial charge in [-0.2, -0.15) is 0 Å². The van der Waals surface area contributed by atoms with E-state index < -0.39 is 0 Å². The lowest BCUT2D eigenvalue weighted by Gasteiger charge is -2.32. The second kappa shape index (κ2) is 11.5. The first-order chi connectivity index (χ1) is 16.5. The Balaban J connectivity index is 1.30. The molecule has 0 spiro atoms. The van der Waals surface area contributed by atoms with E-state index in [4.69, 9.17) is 11.6 Å². The zero-order chi connectivity index (χ0) is 23.9. The number of benzene rings is 2. The Morgan fingerprint density at radius 2 is 1.65 bits per heavy atom. The predicted octanol–water partition coefficient (Wildman–Crippen LogP) is 5.14. The quantitative estimate of drug-likeness (QED) is 0.599. The van der Waals surface area contributed by atoms with E-state index in [0.717, 1.165) is 19.4 Å². The number of hydrogen-bond acceptors (Lipinski definition) is 3. The van der Waals surface area contributed by atoms with Gasteiger partial charge >= 0.3 is 0 Å². The smallest absolute Gasteiger partial charge is 0.257 e. The van der Waals surface area contributed by atoms with Gasteiger partial charge in [-0.3, -0.25) is 14.4 Å². The van der Waals surface area contributed by atoms with Crippen LogP contribution in [0.4, 0.5) is 5.69 Å². The van der Waals surface area contributed by atoms with Gasteiger partial charge in [0.05, 0.1) is 16.5 Å². The Bertz CT molecular complexity index is 1020. The molecule has 1 atom stereocenters. The molecule has 0 unspecified atom stereocenters. The molecular weight excluding hydrogens is 450 g/mol. The minimum absolute atomic E-state index is 0.0701. The number of rotatable bonds is 6. The van der Waals surface area contributed by atoms with Crippen molar-refractivity contribution in [2.75, 3.05) is 25.0 Å². The summed E-state index contributed by atoms with van der Waals surface area (Å²) in [5, 5.41) is 6.33. The SMILES string of the molecule is O=C(Nc1ccc(C(=O)N2CCC[C@@H](C(=O)NCC3CCCCC3)C2)cc1)c1ccccc1Cl. The minimum atomic E-state index is -0.303. The highest BCUT2D eigenvalue weighted by atomic mass is 35.5. The molecule has 1 saturated heterocycles. The van der Waals surface area contributed by atoms with Crippen LogP contribution < -0.4 is 10.6 Å². The average molecular weight is 482 g/mol. The van der Waals surface area contributed by atoms with Crippen LogP contribution in [0.1, 0.15) is 65.7 Å². The zero-order valence-corrected chi connectivity index (χ0v) is 20.2. The van der Waals surface area contributed by atoms with Crippen LogP contribution >= 0.6 is 11.6 Å². The summed E-state index contributed by atoms with van der Waals surface area (Å²) >= 11 is 6.09. The van der Waals surface area contributed by atoms with Crippen LogP contribution in [-0.4, -0.2) is 42.3 Å². The molecule has 0 radical (unpaired) electrons. The van der Waals surface area contributed by atoms with Gasteiger partial charge in [0.25, 0.3) is 11.8 Å². The van der Waals surface area contributed by atoms with E-state index in [-0.39, 0.29) is 23.6 Å². The van der Waals surface area contributed by atoms with E-state index in [1.165, 1.54) is 32.1 Å². The maximum Gasteiger partial charge on any atom is 0.257 e. The largest absolute Gasteiger partial charge is 0.356 e. The van der Waals surface area contributed by atoms with E-state index in [9.17, 15) is 14.4 Å². The van der Waals surface area contributed by atoms with E-state index in [0.29, 0.717) is 40.8 Å². The summed E-state index contributed by atoms with van der Waals surface area (Å²) in [6.07, 6.45) is 7.85. The fourth-order valence-electron chi connectivity index (χ4n) is 4.88. The molecule has 2 aromatic rings. The summed E-state index contributed by atoms with van der Waals surface area (Å²) in [4.78, 5) is 40.0. The maximum atomic E-state index is 13.1. The van der Waals surface area contributed by atoms with Crippen molar-refractivity contribution < 1.29 is 14.4 Å². The second-order valence-corrected chi connectivity index (χ2v) is 9.76. The molecular formula is C27H32ClN3O3. The van der Waals surface area contributed by atoms with Gasteiger partial charge in [-0.25, -0.2) is 0 Å². The van der Waals surface area contributed by atoms with Crippen LogP contribution in [0.2, 0.25) is 5.02 Å². The summed E-state index contributed by atoms with van der Waals surface area (Å²) in [5.41, 5.74) is 1.52. The second-order valence-electron chi connectivity index (χ2n) is 9.35. The lowest BCUT2D eigenvalue weighted by atomic mass is 9.89. The summed E-state index contributed by atoms with van der Waals surface area (Å²) in [6.45, 7) is 1.85. The number of hydrogen-bond donors (Lipinski definition) is 2. The van der Waals surface area contributed by atoms with Crippen molar-refractivity contribution in [3.8, 4) is 0 Å². The third-order valence-electron chi connectivity index (χ3n) is 6.88. The summed E-state index contributed by atoms with van der Waals surface area (Å²) < 4.78 is 0. The number of carbonyl (C=O) groups excluding carboxylic acids is 3. The van der Waals surface area contributed by atoms with Gasteiger partial charge in [-0.1, -0.05) is 43.0 Å². The first-order valence-corrected chi connectivity index (χ1v) is 12.6. The van der Waals surface area contributed by atoms with E-state index >= 15 is 0 Å². The number of amides is 3. The molecule has 6 nitrogen and oxygen atoms in total. The summed E-state index contributed by atoms with van der Waals surface area (Å²) in [7, 11) is 0. The number of carbonyl (C=O) groups is 3. The highest BCUT2D eigenvalue weighted by molar-refractivity contribution is 6.34. The number of anilines is 1. The lowest BCUT2D eigenvalue weighted by Crippen LogP contribution is -2.46. The van der Waals surface area contributed by atoms with E-state index in [1.807, 2.05) is 0 Å². The van der Waals surface area contributed by atoms with Gasteiger partial charge in [0.15, 0.2) is 0 Å². The number of nitrogens with one attached hydrogen (secondary N) is 2. The van der Waals surface area contributed by atoms with Crippen LogP contribution in [0.25, 0.3) is 0 Å². The molecule has 34 heavy (non-hydrogen) atoms. The Morgan fingerprint density at radius 3 is 2.38 bits per heavy atom. The molecule has 1 aliphatic carbocycles. The average Bonchev–Trinajstić information content (AvgIpc) is 2.88. The van der Waals surface area contributed by atoms with Crippen LogP contribution in [0, 0.1) is 11.8 Å². The van der Waals surface area contributed by atoms with Crippen LogP contribution in [-0.2, 0) is 4.79 Å². The van der Waals surface area contributed by atoms with Gasteiger partial charge in [0, 0.05) is 30.9 Å². The third kappa shape index (κ3) is 6.17. The number of piperidine rings is 1. The van der Waals surface area contributed by atoms with Crippen molar-refractivity contribution in [2.45, 2.75) is 44.9 Å². The first-order valence-electron chi connectivity index (χ1n) is 12.2. The van der Waals surface area contributed by atoms with Gasteiger partial charge < -0.3 is 15.5 Å². The Hall–Kier alpha value is -2.86. The normalized spacial score (nSPS) is 18.9. The van der Waals surface area contributed by atoms with Crippen molar-refractivity contribution in [2.24, 2.45) is 11.8 Å². The number of nitrogens with zero attached hydrogens (tertiary/aromatic N) is 1. The van der Waals surface area contributed by atoms with Crippen LogP contribution in [0.15, 0.2) is 48.5 Å². The first kappa shape index (κ1) is 24.3. The van der Waals surface area contributed by atoms with Gasteiger partial charge in [-0.15, -0.1) is 0 Å². The molecule has 7 heteroatoms. The Kier molecular flexibility index (Phi) is 8.22. The lowest BCUT2D eigenvalue weighted by molar-refractivity contribution is -0.126. The molecule has 2 aromatic carbocycles. The van der Waals surface area contributed by atoms with Crippen molar-refractivity contribution in [3.63, 3.8) is 0 Å². The van der Waals surface area contributed by atoms with Crippen molar-refractivity contribution in [3.05, 3.63) is 64.7 Å². The number of halogens is 1. The Labute approximate surface area is 206 Å². The molecule has 0 bridgehead atoms.